The van der Waals surface area contributed by atoms with Crippen molar-refractivity contribution in [3.63, 3.8) is 0 Å². The van der Waals surface area contributed by atoms with Gasteiger partial charge in [0, 0.05) is 11.7 Å². The lowest BCUT2D eigenvalue weighted by atomic mass is 9.86. The zero-order valence-corrected chi connectivity index (χ0v) is 13.5. The van der Waals surface area contributed by atoms with Gasteiger partial charge in [0.15, 0.2) is 9.84 Å². The Bertz CT molecular complexity index is 633. The van der Waals surface area contributed by atoms with Crippen molar-refractivity contribution in [2.45, 2.75) is 38.6 Å². The molecule has 1 unspecified atom stereocenters. The van der Waals surface area contributed by atoms with Gasteiger partial charge >= 0.3 is 6.03 Å². The first-order chi connectivity index (χ1) is 9.67. The van der Waals surface area contributed by atoms with Crippen LogP contribution in [0.3, 0.4) is 0 Å². The highest BCUT2D eigenvalue weighted by atomic mass is 32.2. The average molecular weight is 310 g/mol. The van der Waals surface area contributed by atoms with Crippen molar-refractivity contribution in [3.05, 3.63) is 29.8 Å². The summed E-state index contributed by atoms with van der Waals surface area (Å²) in [5.41, 5.74) is 1.71. The fraction of sp³-hybridized carbons (Fsp3) is 0.533. The highest BCUT2D eigenvalue weighted by Crippen LogP contribution is 2.29. The van der Waals surface area contributed by atoms with Crippen molar-refractivity contribution < 1.29 is 13.2 Å². The summed E-state index contributed by atoms with van der Waals surface area (Å²) in [6, 6.07) is 6.99. The molecule has 0 aromatic heterocycles. The number of sulfone groups is 1. The number of anilines is 1. The number of benzene rings is 1. The number of para-hydroxylation sites is 1. The van der Waals surface area contributed by atoms with Gasteiger partial charge in [-0.1, -0.05) is 39.0 Å². The fourth-order valence-electron chi connectivity index (χ4n) is 2.50. The molecular formula is C15H22N2O3S. The fourth-order valence-corrected chi connectivity index (χ4v) is 4.17. The molecule has 0 bridgehead atoms. The molecule has 5 nitrogen and oxygen atoms in total. The van der Waals surface area contributed by atoms with E-state index in [-0.39, 0.29) is 29.0 Å². The maximum atomic E-state index is 12.0. The molecule has 6 heteroatoms. The first kappa shape index (κ1) is 15.8. The maximum Gasteiger partial charge on any atom is 0.319 e. The van der Waals surface area contributed by atoms with Gasteiger partial charge in [0.1, 0.15) is 0 Å². The summed E-state index contributed by atoms with van der Waals surface area (Å²) in [6.45, 7) is 6.24. The second-order valence-electron chi connectivity index (χ2n) is 6.49. The maximum absolute atomic E-state index is 12.0. The summed E-state index contributed by atoms with van der Waals surface area (Å²) < 4.78 is 22.8. The first-order valence-corrected chi connectivity index (χ1v) is 8.87. The van der Waals surface area contributed by atoms with Crippen LogP contribution in [0.15, 0.2) is 24.3 Å². The van der Waals surface area contributed by atoms with Gasteiger partial charge in [-0.25, -0.2) is 13.2 Å². The van der Waals surface area contributed by atoms with Crippen molar-refractivity contribution in [2.24, 2.45) is 0 Å². The van der Waals surface area contributed by atoms with Crippen LogP contribution in [0.1, 0.15) is 32.8 Å². The Morgan fingerprint density at radius 2 is 1.90 bits per heavy atom. The Kier molecular flexibility index (Phi) is 4.27. The first-order valence-electron chi connectivity index (χ1n) is 7.05. The van der Waals surface area contributed by atoms with Crippen molar-refractivity contribution in [2.75, 3.05) is 16.8 Å². The van der Waals surface area contributed by atoms with E-state index in [9.17, 15) is 13.2 Å². The lowest BCUT2D eigenvalue weighted by Crippen LogP contribution is -2.39. The van der Waals surface area contributed by atoms with Crippen molar-refractivity contribution in [1.82, 2.24) is 5.32 Å². The molecule has 1 atom stereocenters. The van der Waals surface area contributed by atoms with E-state index in [1.807, 2.05) is 24.3 Å². The van der Waals surface area contributed by atoms with Gasteiger partial charge in [-0.05, 0) is 23.5 Å². The molecule has 21 heavy (non-hydrogen) atoms. The van der Waals surface area contributed by atoms with Crippen LogP contribution in [0.4, 0.5) is 10.5 Å². The molecule has 1 aromatic carbocycles. The van der Waals surface area contributed by atoms with Gasteiger partial charge in [0.25, 0.3) is 0 Å². The van der Waals surface area contributed by atoms with Gasteiger partial charge in [-0.15, -0.1) is 0 Å². The van der Waals surface area contributed by atoms with Crippen molar-refractivity contribution >= 4 is 21.6 Å². The number of carbonyl (C=O) groups excluding carboxylic acids is 1. The van der Waals surface area contributed by atoms with E-state index in [2.05, 4.69) is 31.4 Å². The Labute approximate surface area is 126 Å². The minimum absolute atomic E-state index is 0.0291. The summed E-state index contributed by atoms with van der Waals surface area (Å²) in [4.78, 5) is 12.0. The lowest BCUT2D eigenvalue weighted by molar-refractivity contribution is 0.249. The molecule has 1 saturated heterocycles. The Morgan fingerprint density at radius 3 is 2.48 bits per heavy atom. The third-order valence-corrected chi connectivity index (χ3v) is 5.32. The molecule has 0 radical (unpaired) electrons. The minimum atomic E-state index is -2.99. The van der Waals surface area contributed by atoms with E-state index in [1.54, 1.807) is 0 Å². The molecule has 1 heterocycles. The second kappa shape index (κ2) is 5.67. The van der Waals surface area contributed by atoms with Crippen LogP contribution in [0, 0.1) is 0 Å². The Morgan fingerprint density at radius 1 is 1.24 bits per heavy atom. The highest BCUT2D eigenvalue weighted by Gasteiger charge is 2.29. The van der Waals surface area contributed by atoms with Crippen LogP contribution in [0.25, 0.3) is 0 Å². The summed E-state index contributed by atoms with van der Waals surface area (Å²) in [6.07, 6.45) is 0.483. The quantitative estimate of drug-likeness (QED) is 0.880. The molecule has 1 aliphatic heterocycles. The molecule has 116 valence electrons. The molecule has 2 rings (SSSR count). The molecule has 2 N–H and O–H groups in total. The topological polar surface area (TPSA) is 75.3 Å². The number of hydrogen-bond donors (Lipinski definition) is 2. The van der Waals surface area contributed by atoms with Crippen molar-refractivity contribution in [3.8, 4) is 0 Å². The van der Waals surface area contributed by atoms with Crippen LogP contribution < -0.4 is 10.6 Å². The number of amides is 2. The van der Waals surface area contributed by atoms with Crippen LogP contribution in [0.2, 0.25) is 0 Å². The predicted octanol–water partition coefficient (Wildman–Crippen LogP) is 2.29. The second-order valence-corrected chi connectivity index (χ2v) is 8.72. The SMILES string of the molecule is CC(C)(C)c1ccccc1NC(=O)NC1CCS(=O)(=O)C1. The average Bonchev–Trinajstić information content (AvgIpc) is 2.67. The number of urea groups is 1. The number of hydrogen-bond acceptors (Lipinski definition) is 3. The van der Waals surface area contributed by atoms with E-state index in [0.717, 1.165) is 11.3 Å². The largest absolute Gasteiger partial charge is 0.334 e. The number of carbonyl (C=O) groups is 1. The van der Waals surface area contributed by atoms with E-state index in [0.29, 0.717) is 6.42 Å². The monoisotopic (exact) mass is 310 g/mol. The molecule has 1 aliphatic rings. The molecule has 2 amide bonds. The molecule has 0 aliphatic carbocycles. The van der Waals surface area contributed by atoms with Crippen molar-refractivity contribution in [1.29, 1.82) is 0 Å². The molecular weight excluding hydrogens is 288 g/mol. The van der Waals surface area contributed by atoms with Gasteiger partial charge in [-0.2, -0.15) is 0 Å². The van der Waals surface area contributed by atoms with Crippen LogP contribution in [-0.2, 0) is 15.3 Å². The zero-order valence-electron chi connectivity index (χ0n) is 12.6. The summed E-state index contributed by atoms with van der Waals surface area (Å²) in [5, 5.41) is 5.56. The normalized spacial score (nSPS) is 21.0. The van der Waals surface area contributed by atoms with Gasteiger partial charge in [0.05, 0.1) is 11.5 Å². The summed E-state index contributed by atoms with van der Waals surface area (Å²) in [7, 11) is -2.99. The third kappa shape index (κ3) is 4.20. The number of nitrogens with one attached hydrogen (secondary N) is 2. The van der Waals surface area contributed by atoms with Gasteiger partial charge < -0.3 is 10.6 Å². The standard InChI is InChI=1S/C15H22N2O3S/c1-15(2,3)12-6-4-5-7-13(12)17-14(18)16-11-8-9-21(19,20)10-11/h4-7,11H,8-10H2,1-3H3,(H2,16,17,18). The Balaban J connectivity index is 2.04. The predicted molar refractivity (Wildman–Crippen MR) is 84.4 cm³/mol. The molecule has 0 spiro atoms. The Hall–Kier alpha value is -1.56. The lowest BCUT2D eigenvalue weighted by Gasteiger charge is -2.23. The van der Waals surface area contributed by atoms with Crippen LogP contribution >= 0.6 is 0 Å². The van der Waals surface area contributed by atoms with Gasteiger partial charge in [-0.3, -0.25) is 0 Å². The molecule has 0 saturated carbocycles. The summed E-state index contributed by atoms with van der Waals surface area (Å²) in [5.74, 6) is 0.178. The molecule has 1 aromatic rings. The van der Waals surface area contributed by atoms with E-state index < -0.39 is 9.84 Å². The molecule has 1 fully saturated rings. The van der Waals surface area contributed by atoms with Crippen LogP contribution in [-0.4, -0.2) is 32.0 Å². The van der Waals surface area contributed by atoms with Crippen LogP contribution in [0.5, 0.6) is 0 Å². The van der Waals surface area contributed by atoms with E-state index in [4.69, 9.17) is 0 Å². The zero-order chi connectivity index (χ0) is 15.7. The smallest absolute Gasteiger partial charge is 0.319 e. The number of rotatable bonds is 2. The minimum Gasteiger partial charge on any atom is -0.334 e. The van der Waals surface area contributed by atoms with E-state index >= 15 is 0 Å². The third-order valence-electron chi connectivity index (χ3n) is 3.55. The van der Waals surface area contributed by atoms with E-state index in [1.165, 1.54) is 0 Å². The highest BCUT2D eigenvalue weighted by molar-refractivity contribution is 7.91. The summed E-state index contributed by atoms with van der Waals surface area (Å²) >= 11 is 0. The van der Waals surface area contributed by atoms with Gasteiger partial charge in [0.2, 0.25) is 0 Å².